The van der Waals surface area contributed by atoms with Crippen LogP contribution >= 0.6 is 31.9 Å². The second kappa shape index (κ2) is 5.84. The lowest BCUT2D eigenvalue weighted by Gasteiger charge is -2.10. The van der Waals surface area contributed by atoms with Gasteiger partial charge in [-0.25, -0.2) is 13.1 Å². The molecule has 0 saturated heterocycles. The van der Waals surface area contributed by atoms with Crippen molar-refractivity contribution in [3.63, 3.8) is 0 Å². The van der Waals surface area contributed by atoms with Gasteiger partial charge in [-0.3, -0.25) is 0 Å². The zero-order valence-corrected chi connectivity index (χ0v) is 14.3. The summed E-state index contributed by atoms with van der Waals surface area (Å²) in [5.41, 5.74) is 6.60. The molecule has 0 aliphatic rings. The van der Waals surface area contributed by atoms with Gasteiger partial charge in [0.1, 0.15) is 10.7 Å². The van der Waals surface area contributed by atoms with Crippen LogP contribution in [-0.2, 0) is 16.6 Å². The highest BCUT2D eigenvalue weighted by atomic mass is 79.9. The maximum absolute atomic E-state index is 12.3. The van der Waals surface area contributed by atoms with Gasteiger partial charge in [0, 0.05) is 20.7 Å². The number of rotatable bonds is 4. The molecule has 6 nitrogen and oxygen atoms in total. The first-order chi connectivity index (χ1) is 9.29. The highest BCUT2D eigenvalue weighted by Crippen LogP contribution is 2.32. The number of halogens is 2. The van der Waals surface area contributed by atoms with E-state index in [1.807, 2.05) is 0 Å². The van der Waals surface area contributed by atoms with Crippen LogP contribution in [0.1, 0.15) is 11.5 Å². The smallest absolute Gasteiger partial charge is 0.243 e. The van der Waals surface area contributed by atoms with E-state index in [-0.39, 0.29) is 11.4 Å². The molecular weight excluding hydrogens is 414 g/mol. The number of benzene rings is 1. The fraction of sp³-hybridized carbons (Fsp3) is 0.182. The van der Waals surface area contributed by atoms with E-state index in [0.29, 0.717) is 26.1 Å². The van der Waals surface area contributed by atoms with Gasteiger partial charge in [0.25, 0.3) is 0 Å². The van der Waals surface area contributed by atoms with Gasteiger partial charge in [0.05, 0.1) is 12.2 Å². The first kappa shape index (κ1) is 15.5. The lowest BCUT2D eigenvalue weighted by Crippen LogP contribution is -2.24. The molecule has 9 heteroatoms. The number of nitrogens with two attached hydrogens (primary N) is 1. The molecule has 0 atom stereocenters. The molecule has 1 heterocycles. The summed E-state index contributed by atoms with van der Waals surface area (Å²) in [4.78, 5) is 0.0897. The first-order valence-corrected chi connectivity index (χ1v) is 8.53. The van der Waals surface area contributed by atoms with Crippen molar-refractivity contribution in [2.45, 2.75) is 18.4 Å². The summed E-state index contributed by atoms with van der Waals surface area (Å²) >= 11 is 6.40. The molecule has 0 radical (unpaired) electrons. The third-order valence-electron chi connectivity index (χ3n) is 2.41. The Kier molecular flexibility index (Phi) is 4.52. The molecule has 0 unspecified atom stereocenters. The van der Waals surface area contributed by atoms with Crippen molar-refractivity contribution in [3.8, 4) is 0 Å². The number of sulfonamides is 1. The summed E-state index contributed by atoms with van der Waals surface area (Å²) in [6, 6.07) is 4.72. The molecule has 108 valence electrons. The van der Waals surface area contributed by atoms with Crippen molar-refractivity contribution in [2.75, 3.05) is 5.73 Å². The van der Waals surface area contributed by atoms with Crippen molar-refractivity contribution >= 4 is 47.6 Å². The van der Waals surface area contributed by atoms with Crippen molar-refractivity contribution in [2.24, 2.45) is 0 Å². The summed E-state index contributed by atoms with van der Waals surface area (Å²) in [6.07, 6.45) is 0. The van der Waals surface area contributed by atoms with Crippen LogP contribution in [0.4, 0.5) is 5.69 Å². The Morgan fingerprint density at radius 1 is 1.30 bits per heavy atom. The van der Waals surface area contributed by atoms with E-state index in [2.05, 4.69) is 41.7 Å². The average Bonchev–Trinajstić information content (AvgIpc) is 2.71. The van der Waals surface area contributed by atoms with Gasteiger partial charge >= 0.3 is 0 Å². The van der Waals surface area contributed by atoms with E-state index in [0.717, 1.165) is 0 Å². The van der Waals surface area contributed by atoms with Crippen molar-refractivity contribution < 1.29 is 12.9 Å². The minimum absolute atomic E-state index is 0.0446. The minimum Gasteiger partial charge on any atom is -0.399 e. The largest absolute Gasteiger partial charge is 0.399 e. The molecule has 0 aliphatic heterocycles. The second-order valence-electron chi connectivity index (χ2n) is 4.07. The van der Waals surface area contributed by atoms with Crippen LogP contribution in [0, 0.1) is 6.92 Å². The third-order valence-corrected chi connectivity index (χ3v) is 5.69. The maximum atomic E-state index is 12.3. The highest BCUT2D eigenvalue weighted by Gasteiger charge is 2.22. The quantitative estimate of drug-likeness (QED) is 0.735. The Balaban J connectivity index is 2.27. The van der Waals surface area contributed by atoms with Gasteiger partial charge in [0.15, 0.2) is 0 Å². The van der Waals surface area contributed by atoms with Gasteiger partial charge in [-0.15, -0.1) is 0 Å². The summed E-state index contributed by atoms with van der Waals surface area (Å²) < 4.78 is 32.7. The molecule has 0 aliphatic carbocycles. The van der Waals surface area contributed by atoms with Crippen LogP contribution in [-0.4, -0.2) is 13.6 Å². The molecular formula is C11H11Br2N3O3S. The van der Waals surface area contributed by atoms with E-state index in [1.54, 1.807) is 13.0 Å². The number of nitrogens with one attached hydrogen (secondary N) is 1. The molecule has 1 aromatic heterocycles. The fourth-order valence-corrected chi connectivity index (χ4v) is 5.19. The van der Waals surface area contributed by atoms with Crippen LogP contribution in [0.15, 0.2) is 36.6 Å². The normalized spacial score (nSPS) is 11.8. The van der Waals surface area contributed by atoms with Gasteiger partial charge in [0.2, 0.25) is 10.0 Å². The Morgan fingerprint density at radius 3 is 2.40 bits per heavy atom. The minimum atomic E-state index is -3.71. The number of nitrogen functional groups attached to an aromatic ring is 1. The molecule has 3 N–H and O–H groups in total. The first-order valence-electron chi connectivity index (χ1n) is 5.46. The zero-order chi connectivity index (χ0) is 14.9. The molecule has 0 saturated carbocycles. The number of aryl methyl sites for hydroxylation is 1. The number of hydrogen-bond donors (Lipinski definition) is 2. The Labute approximate surface area is 133 Å². The third kappa shape index (κ3) is 3.40. The average molecular weight is 425 g/mol. The van der Waals surface area contributed by atoms with Crippen LogP contribution in [0.25, 0.3) is 0 Å². The van der Waals surface area contributed by atoms with E-state index in [9.17, 15) is 8.42 Å². The highest BCUT2D eigenvalue weighted by molar-refractivity contribution is 9.11. The molecule has 0 spiro atoms. The zero-order valence-electron chi connectivity index (χ0n) is 10.4. The van der Waals surface area contributed by atoms with Crippen LogP contribution in [0.2, 0.25) is 0 Å². The number of hydrogen-bond acceptors (Lipinski definition) is 5. The summed E-state index contributed by atoms with van der Waals surface area (Å²) in [7, 11) is -3.71. The number of nitrogens with zero attached hydrogens (tertiary/aromatic N) is 1. The molecule has 0 fully saturated rings. The fourth-order valence-electron chi connectivity index (χ4n) is 1.58. The maximum Gasteiger partial charge on any atom is 0.243 e. The topological polar surface area (TPSA) is 98.2 Å². The Morgan fingerprint density at radius 2 is 1.90 bits per heavy atom. The Bertz CT molecular complexity index is 720. The SMILES string of the molecule is Cc1cc(CNS(=O)(=O)c2c(Br)cc(N)cc2Br)no1. The van der Waals surface area contributed by atoms with E-state index in [1.165, 1.54) is 12.1 Å². The molecule has 0 amide bonds. The predicted octanol–water partition coefficient (Wildman–Crippen LogP) is 2.57. The molecule has 0 bridgehead atoms. The van der Waals surface area contributed by atoms with Gasteiger partial charge in [-0.1, -0.05) is 5.16 Å². The van der Waals surface area contributed by atoms with Gasteiger partial charge in [-0.05, 0) is 50.9 Å². The summed E-state index contributed by atoms with van der Waals surface area (Å²) in [5, 5.41) is 3.73. The van der Waals surface area contributed by atoms with Gasteiger partial charge < -0.3 is 10.3 Å². The predicted molar refractivity (Wildman–Crippen MR) is 81.5 cm³/mol. The second-order valence-corrected chi connectivity index (χ2v) is 7.48. The molecule has 1 aromatic carbocycles. The van der Waals surface area contributed by atoms with Crippen molar-refractivity contribution in [1.82, 2.24) is 9.88 Å². The van der Waals surface area contributed by atoms with E-state index in [4.69, 9.17) is 10.3 Å². The number of anilines is 1. The Hall–Kier alpha value is -0.900. The van der Waals surface area contributed by atoms with E-state index >= 15 is 0 Å². The molecule has 20 heavy (non-hydrogen) atoms. The lowest BCUT2D eigenvalue weighted by molar-refractivity contribution is 0.390. The molecule has 2 aromatic rings. The van der Waals surface area contributed by atoms with Gasteiger partial charge in [-0.2, -0.15) is 0 Å². The summed E-state index contributed by atoms with van der Waals surface area (Å²) in [5.74, 6) is 0.619. The number of aromatic nitrogens is 1. The van der Waals surface area contributed by atoms with E-state index < -0.39 is 10.0 Å². The van der Waals surface area contributed by atoms with Crippen molar-refractivity contribution in [3.05, 3.63) is 38.6 Å². The standard InChI is InChI=1S/C11H11Br2N3O3S/c1-6-2-8(16-19-6)5-15-20(17,18)11-9(12)3-7(14)4-10(11)13/h2-4,15H,5,14H2,1H3. The van der Waals surface area contributed by atoms with Crippen LogP contribution in [0.5, 0.6) is 0 Å². The summed E-state index contributed by atoms with van der Waals surface area (Å²) in [6.45, 7) is 1.78. The molecule has 2 rings (SSSR count). The lowest BCUT2D eigenvalue weighted by atomic mass is 10.3. The monoisotopic (exact) mass is 423 g/mol. The van der Waals surface area contributed by atoms with Crippen LogP contribution < -0.4 is 10.5 Å². The van der Waals surface area contributed by atoms with Crippen molar-refractivity contribution in [1.29, 1.82) is 0 Å². The van der Waals surface area contributed by atoms with Crippen LogP contribution in [0.3, 0.4) is 0 Å².